The van der Waals surface area contributed by atoms with Gasteiger partial charge in [-0.3, -0.25) is 15.0 Å². The van der Waals surface area contributed by atoms with E-state index in [1.165, 1.54) is 30.3 Å². The average molecular weight is 984 g/mol. The molecule has 1 saturated heterocycles. The maximum Gasteiger partial charge on any atom is 0.416 e. The molecule has 2 aliphatic carbocycles. The Labute approximate surface area is 418 Å². The van der Waals surface area contributed by atoms with Crippen LogP contribution in [0.5, 0.6) is 17.2 Å². The third-order valence-corrected chi connectivity index (χ3v) is 14.5. The van der Waals surface area contributed by atoms with Gasteiger partial charge in [-0.05, 0) is 109 Å². The lowest BCUT2D eigenvalue weighted by Crippen LogP contribution is -2.70. The van der Waals surface area contributed by atoms with Crippen LogP contribution >= 0.6 is 0 Å². The summed E-state index contributed by atoms with van der Waals surface area (Å²) in [5, 5.41) is 38.7. The number of nitrogens with zero attached hydrogens (tertiary/aromatic N) is 3. The van der Waals surface area contributed by atoms with Crippen molar-refractivity contribution in [2.24, 2.45) is 22.9 Å². The maximum atomic E-state index is 15.4. The van der Waals surface area contributed by atoms with Crippen LogP contribution in [0.4, 0.5) is 14.9 Å². The second kappa shape index (κ2) is 23.3. The fraction of sp³-hybridized carbons (Fsp3) is 0.404. The summed E-state index contributed by atoms with van der Waals surface area (Å²) in [6.07, 6.45) is 9.24. The van der Waals surface area contributed by atoms with Crippen molar-refractivity contribution in [1.82, 2.24) is 4.90 Å². The molecule has 7 atom stereocenters. The maximum absolute atomic E-state index is 15.4. The third-order valence-electron chi connectivity index (χ3n) is 14.5. The Kier molecular flexibility index (Phi) is 16.3. The Hall–Kier alpha value is -6.65. The first-order valence-electron chi connectivity index (χ1n) is 25.1. The molecule has 72 heavy (non-hydrogen) atoms. The van der Waals surface area contributed by atoms with Gasteiger partial charge in [-0.2, -0.15) is 0 Å². The first kappa shape index (κ1) is 50.3. The Morgan fingerprint density at radius 2 is 1.67 bits per heavy atom. The summed E-state index contributed by atoms with van der Waals surface area (Å²) >= 11 is 0. The van der Waals surface area contributed by atoms with Crippen LogP contribution < -0.4 is 14.2 Å². The van der Waals surface area contributed by atoms with Gasteiger partial charge < -0.3 is 38.7 Å². The van der Waals surface area contributed by atoms with Crippen molar-refractivity contribution in [2.75, 3.05) is 26.4 Å². The van der Waals surface area contributed by atoms with Crippen molar-refractivity contribution in [3.05, 3.63) is 166 Å². The van der Waals surface area contributed by atoms with E-state index >= 15 is 4.79 Å². The largest absolute Gasteiger partial charge is 0.489 e. The molecular formula is C57H62FN3O11. The van der Waals surface area contributed by atoms with E-state index in [0.717, 1.165) is 53.2 Å². The number of aliphatic hydroxyl groups is 2. The van der Waals surface area contributed by atoms with E-state index in [-0.39, 0.29) is 74.4 Å². The number of nitro groups is 1. The second-order valence-corrected chi connectivity index (χ2v) is 18.9. The van der Waals surface area contributed by atoms with Crippen LogP contribution in [-0.2, 0) is 27.5 Å². The number of benzene rings is 5. The highest BCUT2D eigenvalue weighted by Gasteiger charge is 2.66. The van der Waals surface area contributed by atoms with E-state index in [1.54, 1.807) is 35.2 Å². The number of carbonyl (C=O) groups is 1. The molecule has 5 aromatic rings. The molecule has 1 unspecified atom stereocenters. The zero-order chi connectivity index (χ0) is 50.0. The number of amides is 1. The molecule has 0 spiro atoms. The van der Waals surface area contributed by atoms with Gasteiger partial charge in [0.2, 0.25) is 12.1 Å². The van der Waals surface area contributed by atoms with Crippen molar-refractivity contribution in [3.63, 3.8) is 0 Å². The van der Waals surface area contributed by atoms with Crippen molar-refractivity contribution < 1.29 is 52.8 Å². The molecule has 2 fully saturated rings. The van der Waals surface area contributed by atoms with Crippen molar-refractivity contribution in [2.45, 2.75) is 101 Å². The zero-order valence-electron chi connectivity index (χ0n) is 40.3. The van der Waals surface area contributed by atoms with Crippen molar-refractivity contribution in [1.29, 1.82) is 0 Å². The molecule has 0 aromatic heterocycles. The molecule has 5 aromatic carbocycles. The molecule has 2 aliphatic heterocycles. The number of oxime groups is 1. The minimum absolute atomic E-state index is 0.0128. The molecule has 378 valence electrons. The first-order valence-corrected chi connectivity index (χ1v) is 25.1. The van der Waals surface area contributed by atoms with Gasteiger partial charge in [0.1, 0.15) is 35.7 Å². The SMILES string of the molecule is C=CCO[C@@]12Oc3ccc(OCc4ccccc4F)cc3[C@H]3[C@H](CCCCO)[C@@H](CCCCO)C=C(C(=NOC4CCCCO4)C[C@@H]1N(Cc1cccc4ccccc14)C(=O)Oc1ccc([N+](=O)[O-])cc1)[C@H]32. The molecule has 14 nitrogen and oxygen atoms in total. The Morgan fingerprint density at radius 3 is 2.43 bits per heavy atom. The molecule has 0 bridgehead atoms. The van der Waals surface area contributed by atoms with E-state index in [0.29, 0.717) is 61.5 Å². The number of allylic oxidation sites excluding steroid dienone is 1. The molecule has 15 heteroatoms. The molecule has 2 heterocycles. The summed E-state index contributed by atoms with van der Waals surface area (Å²) in [6, 6.07) is 30.3. The molecule has 2 N–H and O–H groups in total. The second-order valence-electron chi connectivity index (χ2n) is 18.9. The molecule has 9 rings (SSSR count). The quantitative estimate of drug-likeness (QED) is 0.0310. The van der Waals surface area contributed by atoms with E-state index in [2.05, 4.69) is 12.7 Å². The summed E-state index contributed by atoms with van der Waals surface area (Å²) in [5.74, 6) is -2.06. The topological polar surface area (TPSA) is 172 Å². The van der Waals surface area contributed by atoms with E-state index in [9.17, 15) is 24.7 Å². The van der Waals surface area contributed by atoms with Crippen LogP contribution in [0.15, 0.2) is 139 Å². The van der Waals surface area contributed by atoms with Crippen molar-refractivity contribution in [3.8, 4) is 17.2 Å². The smallest absolute Gasteiger partial charge is 0.416 e. The molecule has 4 aliphatic rings. The van der Waals surface area contributed by atoms with Crippen LogP contribution in [0.1, 0.15) is 86.8 Å². The van der Waals surface area contributed by atoms with Gasteiger partial charge in [0, 0.05) is 55.2 Å². The third kappa shape index (κ3) is 10.9. The number of halogens is 1. The van der Waals surface area contributed by atoms with Gasteiger partial charge in [-0.15, -0.1) is 6.58 Å². The summed E-state index contributed by atoms with van der Waals surface area (Å²) in [6.45, 7) is 4.71. The van der Waals surface area contributed by atoms with Crippen LogP contribution in [0.2, 0.25) is 0 Å². The predicted octanol–water partition coefficient (Wildman–Crippen LogP) is 11.3. The summed E-state index contributed by atoms with van der Waals surface area (Å²) < 4.78 is 48.2. The summed E-state index contributed by atoms with van der Waals surface area (Å²) in [4.78, 5) is 34.5. The fourth-order valence-corrected chi connectivity index (χ4v) is 11.1. The number of nitro benzene ring substituents is 1. The number of ether oxygens (including phenoxy) is 5. The van der Waals surface area contributed by atoms with Crippen LogP contribution in [0.3, 0.4) is 0 Å². The van der Waals surface area contributed by atoms with Gasteiger partial charge in [0.15, 0.2) is 0 Å². The lowest BCUT2D eigenvalue weighted by molar-refractivity contribution is -0.384. The monoisotopic (exact) mass is 983 g/mol. The highest BCUT2D eigenvalue weighted by molar-refractivity contribution is 6.03. The van der Waals surface area contributed by atoms with E-state index in [1.807, 2.05) is 54.6 Å². The summed E-state index contributed by atoms with van der Waals surface area (Å²) in [5.41, 5.74) is 3.31. The summed E-state index contributed by atoms with van der Waals surface area (Å²) in [7, 11) is 0. The number of non-ortho nitro benzene ring substituents is 1. The lowest BCUT2D eigenvalue weighted by atomic mass is 9.55. The van der Waals surface area contributed by atoms with Crippen LogP contribution in [-0.4, -0.2) is 76.4 Å². The minimum Gasteiger partial charge on any atom is -0.489 e. The van der Waals surface area contributed by atoms with Crippen LogP contribution in [0, 0.1) is 33.7 Å². The number of rotatable bonds is 21. The standard InChI is InChI=1S/C57H62FN3O11/c1-2-31-69-57-52(60(36-40-18-13-17-38-14-3-5-19-45(38)40)56(64)70-43-25-23-42(24-26-43)61(65)66)35-50(59-72-53-22-9-12-32-67-53)47-33-39(15-7-10-29-62)46(20-8-11-30-63)54(55(47)57)48-34-44(27-28-51(48)71-57)68-37-41-16-4-6-21-49(41)58/h2-6,13-14,16-19,21,23-28,33-34,39,46,52-55,62-63H,1,7-12,15,20,22,29-32,35-37H2/t39-,46+,52-,53?,54+,55+,57+/m0/s1. The molecule has 0 radical (unpaired) electrons. The number of hydrogen-bond acceptors (Lipinski definition) is 12. The number of aliphatic hydroxyl groups excluding tert-OH is 2. The number of unbranched alkanes of at least 4 members (excludes halogenated alkanes) is 2. The number of fused-ring (bicyclic) bond motifs is 3. The van der Waals surface area contributed by atoms with Gasteiger partial charge in [-0.25, -0.2) is 9.18 Å². The van der Waals surface area contributed by atoms with Crippen molar-refractivity contribution >= 4 is 28.3 Å². The van der Waals surface area contributed by atoms with Gasteiger partial charge in [-0.1, -0.05) is 90.8 Å². The fourth-order valence-electron chi connectivity index (χ4n) is 11.1. The van der Waals surface area contributed by atoms with Gasteiger partial charge in [0.25, 0.3) is 5.69 Å². The Morgan fingerprint density at radius 1 is 0.917 bits per heavy atom. The van der Waals surface area contributed by atoms with Gasteiger partial charge >= 0.3 is 6.09 Å². The Bertz CT molecular complexity index is 2760. The molecule has 1 amide bonds. The number of hydrogen-bond donors (Lipinski definition) is 2. The van der Waals surface area contributed by atoms with Gasteiger partial charge in [0.05, 0.1) is 36.3 Å². The lowest BCUT2D eigenvalue weighted by Gasteiger charge is -2.59. The van der Waals surface area contributed by atoms with E-state index < -0.39 is 35.1 Å². The highest BCUT2D eigenvalue weighted by Crippen LogP contribution is 2.62. The molecule has 1 saturated carbocycles. The Balaban J connectivity index is 1.25. The average Bonchev–Trinajstić information content (AvgIpc) is 3.40. The zero-order valence-corrected chi connectivity index (χ0v) is 40.3. The first-order chi connectivity index (χ1) is 35.2. The normalized spacial score (nSPS) is 23.8. The number of carbonyl (C=O) groups excluding carboxylic acids is 1. The van der Waals surface area contributed by atoms with Crippen LogP contribution in [0.25, 0.3) is 10.8 Å². The van der Waals surface area contributed by atoms with E-state index in [4.69, 9.17) is 33.7 Å². The predicted molar refractivity (Wildman–Crippen MR) is 269 cm³/mol. The highest BCUT2D eigenvalue weighted by atomic mass is 19.1. The molecular weight excluding hydrogens is 922 g/mol. The minimum atomic E-state index is -1.64.